The van der Waals surface area contributed by atoms with Gasteiger partial charge in [-0.1, -0.05) is 51.4 Å². The molecule has 7 nitrogen and oxygen atoms in total. The molecule has 0 saturated heterocycles. The van der Waals surface area contributed by atoms with Crippen LogP contribution < -0.4 is 11.1 Å². The molecule has 1 spiro atoms. The summed E-state index contributed by atoms with van der Waals surface area (Å²) in [6, 6.07) is 11.2. The fourth-order valence-electron chi connectivity index (χ4n) is 5.88. The molecule has 0 aromatic heterocycles. The minimum atomic E-state index is -0.701. The summed E-state index contributed by atoms with van der Waals surface area (Å²) < 4.78 is 13.9. The molecule has 1 heterocycles. The highest BCUT2D eigenvalue weighted by Crippen LogP contribution is 2.49. The van der Waals surface area contributed by atoms with Crippen molar-refractivity contribution in [1.82, 2.24) is 10.2 Å². The number of rotatable bonds is 7. The first-order valence-corrected chi connectivity index (χ1v) is 13.8. The molecule has 4 N–H and O–H groups in total. The molecule has 1 unspecified atom stereocenters. The van der Waals surface area contributed by atoms with Crippen LogP contribution in [0.2, 0.25) is 5.02 Å². The van der Waals surface area contributed by atoms with Gasteiger partial charge in [0.05, 0.1) is 17.6 Å². The second-order valence-electron chi connectivity index (χ2n) is 11.6. The molecule has 2 aromatic rings. The molecule has 208 valence electrons. The number of halogens is 2. The molecule has 2 aliphatic rings. The van der Waals surface area contributed by atoms with Gasteiger partial charge < -0.3 is 16.0 Å². The molecule has 4 rings (SSSR count). The summed E-state index contributed by atoms with van der Waals surface area (Å²) >= 11 is 6.08. The molecular weight excluding hydrogens is 517 g/mol. The van der Waals surface area contributed by atoms with E-state index in [1.54, 1.807) is 18.2 Å². The van der Waals surface area contributed by atoms with E-state index < -0.39 is 11.5 Å². The van der Waals surface area contributed by atoms with Crippen molar-refractivity contribution in [3.05, 3.63) is 70.0 Å². The lowest BCUT2D eigenvalue weighted by molar-refractivity contribution is -0.133. The lowest BCUT2D eigenvalue weighted by atomic mass is 9.69. The van der Waals surface area contributed by atoms with E-state index in [2.05, 4.69) is 26.1 Å². The Hall–Kier alpha value is -3.26. The van der Waals surface area contributed by atoms with Crippen molar-refractivity contribution in [2.75, 3.05) is 6.54 Å². The highest BCUT2D eigenvalue weighted by molar-refractivity contribution is 6.47. The topological polar surface area (TPSA) is 112 Å². The molecule has 1 fully saturated rings. The minimum Gasteiger partial charge on any atom is -0.386 e. The van der Waals surface area contributed by atoms with Gasteiger partial charge in [0.25, 0.3) is 11.8 Å². The van der Waals surface area contributed by atoms with Crippen LogP contribution in [0.5, 0.6) is 0 Å². The molecule has 0 radical (unpaired) electrons. The number of nitrogens with two attached hydrogens (primary N) is 1. The first kappa shape index (κ1) is 28.7. The van der Waals surface area contributed by atoms with Crippen molar-refractivity contribution in [3.63, 3.8) is 0 Å². The van der Waals surface area contributed by atoms with E-state index >= 15 is 0 Å². The van der Waals surface area contributed by atoms with Gasteiger partial charge >= 0.3 is 0 Å². The average molecular weight is 554 g/mol. The van der Waals surface area contributed by atoms with Crippen LogP contribution in [-0.2, 0) is 4.79 Å². The van der Waals surface area contributed by atoms with Crippen molar-refractivity contribution in [1.29, 1.82) is 5.41 Å². The Labute approximate surface area is 234 Å². The lowest BCUT2D eigenvalue weighted by Gasteiger charge is -2.47. The molecule has 9 heteroatoms. The van der Waals surface area contributed by atoms with E-state index in [4.69, 9.17) is 27.7 Å². The van der Waals surface area contributed by atoms with E-state index in [-0.39, 0.29) is 40.7 Å². The normalized spacial score (nSPS) is 22.1. The maximum atomic E-state index is 14.1. The van der Waals surface area contributed by atoms with Gasteiger partial charge in [0.15, 0.2) is 0 Å². The van der Waals surface area contributed by atoms with Crippen LogP contribution in [0.15, 0.2) is 47.5 Å². The largest absolute Gasteiger partial charge is 0.386 e. The number of amidine groups is 1. The molecular formula is C30H37ClFN5O2. The van der Waals surface area contributed by atoms with Gasteiger partial charge in [0.1, 0.15) is 23.0 Å². The second kappa shape index (κ2) is 11.1. The van der Waals surface area contributed by atoms with E-state index in [0.717, 1.165) is 31.2 Å². The number of hydrogen-bond donors (Lipinski definition) is 3. The van der Waals surface area contributed by atoms with E-state index in [9.17, 15) is 14.0 Å². The SMILES string of the molecule is CCC(c1ccc(C(=O)NCC(=N)N)cc1)N1C(=O)C(c2ccc(F)c(Cl)c2)=NC12CCC(C(C)(C)C)CC2. The average Bonchev–Trinajstić information content (AvgIpc) is 3.16. The summed E-state index contributed by atoms with van der Waals surface area (Å²) in [7, 11) is 0. The van der Waals surface area contributed by atoms with Crippen LogP contribution in [0.1, 0.15) is 87.3 Å². The molecule has 2 amide bonds. The van der Waals surface area contributed by atoms with E-state index in [1.165, 1.54) is 12.1 Å². The molecule has 1 atom stereocenters. The van der Waals surface area contributed by atoms with Gasteiger partial charge in [-0.25, -0.2) is 4.39 Å². The molecule has 0 bridgehead atoms. The number of carbonyl (C=O) groups is 2. The Morgan fingerprint density at radius 2 is 1.87 bits per heavy atom. The third-order valence-electron chi connectivity index (χ3n) is 8.09. The quantitative estimate of drug-likeness (QED) is 0.295. The van der Waals surface area contributed by atoms with Crippen molar-refractivity contribution in [2.45, 2.75) is 71.5 Å². The molecule has 1 aliphatic carbocycles. The van der Waals surface area contributed by atoms with Crippen LogP contribution in [-0.4, -0.2) is 40.5 Å². The first-order chi connectivity index (χ1) is 18.4. The Morgan fingerprint density at radius 1 is 1.23 bits per heavy atom. The van der Waals surface area contributed by atoms with Crippen molar-refractivity contribution >= 4 is 35.0 Å². The second-order valence-corrected chi connectivity index (χ2v) is 12.0. The number of nitrogens with zero attached hydrogens (tertiary/aromatic N) is 2. The zero-order valence-electron chi connectivity index (χ0n) is 23.0. The van der Waals surface area contributed by atoms with Crippen LogP contribution >= 0.6 is 11.6 Å². The van der Waals surface area contributed by atoms with Crippen LogP contribution in [0.3, 0.4) is 0 Å². The van der Waals surface area contributed by atoms with Crippen molar-refractivity contribution < 1.29 is 14.0 Å². The third kappa shape index (κ3) is 5.86. The Kier molecular flexibility index (Phi) is 8.17. The van der Waals surface area contributed by atoms with E-state index in [1.807, 2.05) is 24.0 Å². The standard InChI is InChI=1S/C30H37ClFN5O2/c1-5-24(18-6-8-19(9-7-18)27(38)35-17-25(33)34)37-28(39)26(20-10-11-23(32)22(31)16-20)36-30(37)14-12-21(13-15-30)29(2,3)4/h6-11,16,21,24H,5,12-15,17H2,1-4H3,(H3,33,34)(H,35,38). The monoisotopic (exact) mass is 553 g/mol. The fraction of sp³-hybridized carbons (Fsp3) is 0.467. The van der Waals surface area contributed by atoms with Gasteiger partial charge in [-0.2, -0.15) is 0 Å². The summed E-state index contributed by atoms with van der Waals surface area (Å²) in [5.41, 5.74) is 6.98. The van der Waals surface area contributed by atoms with Gasteiger partial charge in [0.2, 0.25) is 0 Å². The third-order valence-corrected chi connectivity index (χ3v) is 8.38. The number of amides is 2. The maximum absolute atomic E-state index is 14.1. The summed E-state index contributed by atoms with van der Waals surface area (Å²) in [6.07, 6.45) is 4.02. The Balaban J connectivity index is 1.69. The highest BCUT2D eigenvalue weighted by Gasteiger charge is 2.52. The predicted octanol–water partition coefficient (Wildman–Crippen LogP) is 5.86. The van der Waals surface area contributed by atoms with Gasteiger partial charge in [-0.05, 0) is 79.3 Å². The zero-order chi connectivity index (χ0) is 28.5. The summed E-state index contributed by atoms with van der Waals surface area (Å²) in [4.78, 5) is 33.6. The number of benzene rings is 2. The lowest BCUT2D eigenvalue weighted by Crippen LogP contribution is -2.51. The smallest absolute Gasteiger partial charge is 0.275 e. The number of hydrogen-bond acceptors (Lipinski definition) is 4. The summed E-state index contributed by atoms with van der Waals surface area (Å²) in [6.45, 7) is 8.78. The Morgan fingerprint density at radius 3 is 2.41 bits per heavy atom. The van der Waals surface area contributed by atoms with E-state index in [0.29, 0.717) is 29.2 Å². The summed E-state index contributed by atoms with van der Waals surface area (Å²) in [5.74, 6) is -0.654. The minimum absolute atomic E-state index is 0.0218. The van der Waals surface area contributed by atoms with Crippen LogP contribution in [0.25, 0.3) is 0 Å². The zero-order valence-corrected chi connectivity index (χ0v) is 23.7. The highest BCUT2D eigenvalue weighted by atomic mass is 35.5. The molecule has 1 aliphatic heterocycles. The first-order valence-electron chi connectivity index (χ1n) is 13.5. The van der Waals surface area contributed by atoms with Gasteiger partial charge in [-0.3, -0.25) is 20.0 Å². The van der Waals surface area contributed by atoms with Gasteiger partial charge in [0, 0.05) is 11.1 Å². The predicted molar refractivity (Wildman–Crippen MR) is 153 cm³/mol. The maximum Gasteiger partial charge on any atom is 0.275 e. The number of nitrogens with one attached hydrogen (secondary N) is 2. The Bertz CT molecular complexity index is 1290. The molecule has 2 aromatic carbocycles. The van der Waals surface area contributed by atoms with Gasteiger partial charge in [-0.15, -0.1) is 0 Å². The van der Waals surface area contributed by atoms with Crippen molar-refractivity contribution in [2.24, 2.45) is 22.1 Å². The van der Waals surface area contributed by atoms with Crippen molar-refractivity contribution in [3.8, 4) is 0 Å². The van der Waals surface area contributed by atoms with Crippen LogP contribution in [0, 0.1) is 22.6 Å². The number of carbonyl (C=O) groups excluding carboxylic acids is 2. The van der Waals surface area contributed by atoms with Crippen LogP contribution in [0.4, 0.5) is 4.39 Å². The summed E-state index contributed by atoms with van der Waals surface area (Å²) in [5, 5.41) is 9.88. The molecule has 1 saturated carbocycles. The fourth-order valence-corrected chi connectivity index (χ4v) is 6.06. The molecule has 39 heavy (non-hydrogen) atoms. The number of aliphatic imine (C=N–C) groups is 1.